The summed E-state index contributed by atoms with van der Waals surface area (Å²) in [6, 6.07) is 3.12. The Morgan fingerprint density at radius 2 is 2.21 bits per heavy atom. The maximum Gasteiger partial charge on any atom is 0.321 e. The van der Waals surface area contributed by atoms with E-state index >= 15 is 0 Å². The molecule has 2 aromatic rings. The molecule has 0 unspecified atom stereocenters. The van der Waals surface area contributed by atoms with E-state index in [1.165, 1.54) is 12.1 Å². The first kappa shape index (κ1) is 13.2. The molecule has 2 heterocycles. The van der Waals surface area contributed by atoms with Gasteiger partial charge in [0.05, 0.1) is 6.54 Å². The van der Waals surface area contributed by atoms with Gasteiger partial charge in [0.15, 0.2) is 5.82 Å². The monoisotopic (exact) mass is 264 g/mol. The molecule has 8 heteroatoms. The second-order valence-electron chi connectivity index (χ2n) is 4.46. The van der Waals surface area contributed by atoms with E-state index in [4.69, 9.17) is 4.42 Å². The Labute approximate surface area is 109 Å². The molecule has 0 atom stereocenters. The fourth-order valence-electron chi connectivity index (χ4n) is 1.37. The van der Waals surface area contributed by atoms with E-state index in [-0.39, 0.29) is 11.6 Å². The molecule has 0 saturated carbocycles. The Morgan fingerprint density at radius 1 is 1.37 bits per heavy atom. The summed E-state index contributed by atoms with van der Waals surface area (Å²) < 4.78 is 5.37. The molecule has 0 amide bonds. The summed E-state index contributed by atoms with van der Waals surface area (Å²) in [5, 5.41) is 19.8. The summed E-state index contributed by atoms with van der Waals surface area (Å²) in [7, 11) is 0. The molecule has 19 heavy (non-hydrogen) atoms. The number of nitrogens with zero attached hydrogens (tertiary/aromatic N) is 3. The van der Waals surface area contributed by atoms with Crippen molar-refractivity contribution in [3.63, 3.8) is 0 Å². The third-order valence-electron chi connectivity index (χ3n) is 2.21. The number of hydrogen-bond donors (Lipinski definition) is 3. The molecule has 0 aliphatic heterocycles. The lowest BCUT2D eigenvalue weighted by Crippen LogP contribution is -2.19. The highest BCUT2D eigenvalue weighted by atomic mass is 16.4. The van der Waals surface area contributed by atoms with Gasteiger partial charge in [0.2, 0.25) is 5.89 Å². The largest absolute Gasteiger partial charge is 0.406 e. The Morgan fingerprint density at radius 3 is 2.89 bits per heavy atom. The molecule has 3 N–H and O–H groups in total. The Hall–Kier alpha value is -2.22. The second kappa shape index (κ2) is 6.10. The van der Waals surface area contributed by atoms with Gasteiger partial charge in [-0.05, 0) is 18.5 Å². The third-order valence-corrected chi connectivity index (χ3v) is 2.21. The highest BCUT2D eigenvalue weighted by Gasteiger charge is 2.06. The van der Waals surface area contributed by atoms with Crippen LogP contribution in [-0.4, -0.2) is 26.9 Å². The van der Waals surface area contributed by atoms with Gasteiger partial charge in [-0.2, -0.15) is 5.10 Å². The summed E-state index contributed by atoms with van der Waals surface area (Å²) in [6.45, 7) is 5.64. The SMILES string of the molecule is CC(C)CNCc1nnc(Nc2ccc(=O)[nH]n2)o1. The summed E-state index contributed by atoms with van der Waals surface area (Å²) in [4.78, 5) is 10.8. The van der Waals surface area contributed by atoms with Crippen molar-refractivity contribution in [2.45, 2.75) is 20.4 Å². The van der Waals surface area contributed by atoms with Crippen LogP contribution in [0.15, 0.2) is 21.3 Å². The van der Waals surface area contributed by atoms with Crippen LogP contribution in [-0.2, 0) is 6.54 Å². The molecule has 0 radical (unpaired) electrons. The average molecular weight is 264 g/mol. The van der Waals surface area contributed by atoms with Gasteiger partial charge in [-0.25, -0.2) is 5.10 Å². The first-order chi connectivity index (χ1) is 9.13. The van der Waals surface area contributed by atoms with Gasteiger partial charge in [0, 0.05) is 6.07 Å². The Bertz CT molecular complexity index is 556. The molecular formula is C11H16N6O2. The van der Waals surface area contributed by atoms with Gasteiger partial charge in [0.1, 0.15) is 0 Å². The zero-order valence-corrected chi connectivity index (χ0v) is 10.8. The van der Waals surface area contributed by atoms with Gasteiger partial charge < -0.3 is 9.73 Å². The molecule has 102 valence electrons. The first-order valence-electron chi connectivity index (χ1n) is 5.99. The number of aromatic amines is 1. The van der Waals surface area contributed by atoms with E-state index in [0.29, 0.717) is 24.2 Å². The van der Waals surface area contributed by atoms with Crippen LogP contribution in [0.25, 0.3) is 0 Å². The van der Waals surface area contributed by atoms with E-state index in [1.807, 2.05) is 0 Å². The van der Waals surface area contributed by atoms with Crippen molar-refractivity contribution < 1.29 is 4.42 Å². The number of nitrogens with one attached hydrogen (secondary N) is 3. The molecule has 0 bridgehead atoms. The lowest BCUT2D eigenvalue weighted by atomic mass is 10.2. The lowest BCUT2D eigenvalue weighted by Gasteiger charge is -2.03. The fourth-order valence-corrected chi connectivity index (χ4v) is 1.37. The van der Waals surface area contributed by atoms with Crippen molar-refractivity contribution >= 4 is 11.8 Å². The zero-order valence-electron chi connectivity index (χ0n) is 10.8. The van der Waals surface area contributed by atoms with Crippen LogP contribution in [0.1, 0.15) is 19.7 Å². The minimum atomic E-state index is -0.269. The van der Waals surface area contributed by atoms with Crippen molar-refractivity contribution in [1.29, 1.82) is 0 Å². The van der Waals surface area contributed by atoms with Crippen molar-refractivity contribution in [2.75, 3.05) is 11.9 Å². The van der Waals surface area contributed by atoms with Gasteiger partial charge in [-0.15, -0.1) is 5.10 Å². The molecule has 0 aliphatic rings. The fraction of sp³-hybridized carbons (Fsp3) is 0.455. The van der Waals surface area contributed by atoms with E-state index < -0.39 is 0 Å². The van der Waals surface area contributed by atoms with E-state index in [2.05, 4.69) is 44.9 Å². The van der Waals surface area contributed by atoms with Crippen LogP contribution in [0, 0.1) is 5.92 Å². The third kappa shape index (κ3) is 4.18. The first-order valence-corrected chi connectivity index (χ1v) is 5.99. The minimum Gasteiger partial charge on any atom is -0.406 e. The summed E-state index contributed by atoms with van der Waals surface area (Å²) in [6.07, 6.45) is 0. The van der Waals surface area contributed by atoms with E-state index in [0.717, 1.165) is 6.54 Å². The molecular weight excluding hydrogens is 248 g/mol. The quantitative estimate of drug-likeness (QED) is 0.702. The van der Waals surface area contributed by atoms with Crippen LogP contribution < -0.4 is 16.2 Å². The van der Waals surface area contributed by atoms with Crippen LogP contribution in [0.3, 0.4) is 0 Å². The number of aromatic nitrogens is 4. The van der Waals surface area contributed by atoms with E-state index in [1.54, 1.807) is 0 Å². The second-order valence-corrected chi connectivity index (χ2v) is 4.46. The predicted octanol–water partition coefficient (Wildman–Crippen LogP) is 0.642. The maximum atomic E-state index is 10.8. The summed E-state index contributed by atoms with van der Waals surface area (Å²) in [5.74, 6) is 1.49. The van der Waals surface area contributed by atoms with Crippen LogP contribution in [0.2, 0.25) is 0 Å². The molecule has 2 rings (SSSR count). The van der Waals surface area contributed by atoms with E-state index in [9.17, 15) is 4.79 Å². The molecule has 0 saturated heterocycles. The van der Waals surface area contributed by atoms with Crippen molar-refractivity contribution in [3.05, 3.63) is 28.4 Å². The molecule has 2 aromatic heterocycles. The normalized spacial score (nSPS) is 10.9. The molecule has 0 aliphatic carbocycles. The summed E-state index contributed by atoms with van der Waals surface area (Å²) in [5.41, 5.74) is -0.269. The topological polar surface area (TPSA) is 109 Å². The van der Waals surface area contributed by atoms with Gasteiger partial charge in [0.25, 0.3) is 5.56 Å². The molecule has 0 fully saturated rings. The number of anilines is 2. The average Bonchev–Trinajstić information content (AvgIpc) is 2.79. The highest BCUT2D eigenvalue weighted by molar-refractivity contribution is 5.43. The Kier molecular flexibility index (Phi) is 4.24. The predicted molar refractivity (Wildman–Crippen MR) is 69.0 cm³/mol. The maximum absolute atomic E-state index is 10.8. The van der Waals surface area contributed by atoms with Gasteiger partial charge >= 0.3 is 6.01 Å². The van der Waals surface area contributed by atoms with Gasteiger partial charge in [-0.1, -0.05) is 18.9 Å². The molecule has 0 spiro atoms. The lowest BCUT2D eigenvalue weighted by molar-refractivity contribution is 0.460. The number of H-pyrrole nitrogens is 1. The number of rotatable bonds is 6. The molecule has 0 aromatic carbocycles. The standard InChI is InChI=1S/C11H16N6O2/c1-7(2)5-12-6-10-16-17-11(19-10)13-8-3-4-9(18)15-14-8/h3-4,7,12H,5-6H2,1-2H3,(H,15,18)(H,13,14,17). The highest BCUT2D eigenvalue weighted by Crippen LogP contribution is 2.10. The van der Waals surface area contributed by atoms with Crippen molar-refractivity contribution in [2.24, 2.45) is 5.92 Å². The van der Waals surface area contributed by atoms with Crippen LogP contribution >= 0.6 is 0 Å². The number of hydrogen-bond acceptors (Lipinski definition) is 7. The Balaban J connectivity index is 1.90. The van der Waals surface area contributed by atoms with Gasteiger partial charge in [-0.3, -0.25) is 10.1 Å². The summed E-state index contributed by atoms with van der Waals surface area (Å²) >= 11 is 0. The smallest absolute Gasteiger partial charge is 0.321 e. The van der Waals surface area contributed by atoms with Crippen LogP contribution in [0.5, 0.6) is 0 Å². The van der Waals surface area contributed by atoms with Crippen molar-refractivity contribution in [3.8, 4) is 0 Å². The minimum absolute atomic E-state index is 0.237. The zero-order chi connectivity index (χ0) is 13.7. The van der Waals surface area contributed by atoms with Crippen molar-refractivity contribution in [1.82, 2.24) is 25.7 Å². The molecule has 8 nitrogen and oxygen atoms in total. The van der Waals surface area contributed by atoms with Crippen LogP contribution in [0.4, 0.5) is 11.8 Å².